The second kappa shape index (κ2) is 6.88. The van der Waals surface area contributed by atoms with Gasteiger partial charge in [0.2, 0.25) is 0 Å². The minimum Gasteiger partial charge on any atom is -0.481 e. The molecule has 0 radical (unpaired) electrons. The SMILES string of the molecule is O=C(O)CC1CCCN1C(=O)NCCCc1ncn[nH]1. The number of carbonyl (C=O) groups is 2. The van der Waals surface area contributed by atoms with Gasteiger partial charge in [0.1, 0.15) is 12.2 Å². The van der Waals surface area contributed by atoms with Gasteiger partial charge in [-0.25, -0.2) is 9.78 Å². The molecule has 1 aromatic rings. The predicted molar refractivity (Wildman–Crippen MR) is 70.1 cm³/mol. The smallest absolute Gasteiger partial charge is 0.317 e. The number of urea groups is 1. The maximum Gasteiger partial charge on any atom is 0.317 e. The van der Waals surface area contributed by atoms with Gasteiger partial charge in [-0.3, -0.25) is 9.89 Å². The molecule has 2 rings (SSSR count). The lowest BCUT2D eigenvalue weighted by molar-refractivity contribution is -0.137. The molecule has 1 fully saturated rings. The number of hydrogen-bond acceptors (Lipinski definition) is 4. The van der Waals surface area contributed by atoms with Gasteiger partial charge in [-0.1, -0.05) is 0 Å². The molecule has 0 saturated carbocycles. The molecule has 2 heterocycles. The molecule has 1 unspecified atom stereocenters. The molecule has 20 heavy (non-hydrogen) atoms. The molecule has 0 aromatic carbocycles. The van der Waals surface area contributed by atoms with E-state index in [1.54, 1.807) is 4.90 Å². The van der Waals surface area contributed by atoms with Crippen LogP contribution in [0, 0.1) is 0 Å². The molecule has 110 valence electrons. The summed E-state index contributed by atoms with van der Waals surface area (Å²) in [7, 11) is 0. The predicted octanol–water partition coefficient (Wildman–Crippen LogP) is 0.386. The topological polar surface area (TPSA) is 111 Å². The summed E-state index contributed by atoms with van der Waals surface area (Å²) in [5, 5.41) is 18.1. The number of H-pyrrole nitrogens is 1. The van der Waals surface area contributed by atoms with Crippen LogP contribution < -0.4 is 5.32 Å². The van der Waals surface area contributed by atoms with Crippen molar-refractivity contribution in [1.29, 1.82) is 0 Å². The molecule has 3 N–H and O–H groups in total. The highest BCUT2D eigenvalue weighted by Crippen LogP contribution is 2.19. The van der Waals surface area contributed by atoms with E-state index < -0.39 is 5.97 Å². The molecule has 1 aliphatic heterocycles. The molecule has 1 saturated heterocycles. The summed E-state index contributed by atoms with van der Waals surface area (Å²) >= 11 is 0. The summed E-state index contributed by atoms with van der Waals surface area (Å²) < 4.78 is 0. The number of aliphatic carboxylic acids is 1. The summed E-state index contributed by atoms with van der Waals surface area (Å²) in [6, 6.07) is -0.354. The van der Waals surface area contributed by atoms with E-state index in [0.717, 1.165) is 31.5 Å². The van der Waals surface area contributed by atoms with Crippen LogP contribution in [-0.2, 0) is 11.2 Å². The average molecular weight is 281 g/mol. The van der Waals surface area contributed by atoms with Crippen molar-refractivity contribution in [3.05, 3.63) is 12.2 Å². The maximum absolute atomic E-state index is 12.0. The normalized spacial score (nSPS) is 18.2. The number of nitrogens with one attached hydrogen (secondary N) is 2. The first-order valence-electron chi connectivity index (χ1n) is 6.77. The Kier molecular flexibility index (Phi) is 4.91. The van der Waals surface area contributed by atoms with Crippen LogP contribution in [-0.4, -0.2) is 56.3 Å². The van der Waals surface area contributed by atoms with Crippen molar-refractivity contribution in [2.45, 2.75) is 38.1 Å². The highest BCUT2D eigenvalue weighted by molar-refractivity contribution is 5.76. The van der Waals surface area contributed by atoms with E-state index in [1.165, 1.54) is 6.33 Å². The number of hydrogen-bond donors (Lipinski definition) is 3. The van der Waals surface area contributed by atoms with Gasteiger partial charge in [-0.2, -0.15) is 5.10 Å². The molecular weight excluding hydrogens is 262 g/mol. The summed E-state index contributed by atoms with van der Waals surface area (Å²) in [5.74, 6) is -0.0656. The quantitative estimate of drug-likeness (QED) is 0.653. The van der Waals surface area contributed by atoms with E-state index in [4.69, 9.17) is 5.11 Å². The van der Waals surface area contributed by atoms with Crippen molar-refractivity contribution in [2.24, 2.45) is 0 Å². The highest BCUT2D eigenvalue weighted by Gasteiger charge is 2.29. The van der Waals surface area contributed by atoms with Gasteiger partial charge < -0.3 is 15.3 Å². The van der Waals surface area contributed by atoms with E-state index >= 15 is 0 Å². The second-order valence-corrected chi connectivity index (χ2v) is 4.85. The monoisotopic (exact) mass is 281 g/mol. The number of nitrogens with zero attached hydrogens (tertiary/aromatic N) is 3. The van der Waals surface area contributed by atoms with Crippen LogP contribution in [0.15, 0.2) is 6.33 Å². The van der Waals surface area contributed by atoms with Crippen molar-refractivity contribution in [1.82, 2.24) is 25.4 Å². The Balaban J connectivity index is 1.69. The molecule has 0 aliphatic carbocycles. The number of rotatable bonds is 6. The summed E-state index contributed by atoms with van der Waals surface area (Å²) in [6.07, 6.45) is 4.58. The van der Waals surface area contributed by atoms with Gasteiger partial charge >= 0.3 is 12.0 Å². The number of aromatic amines is 1. The Bertz CT molecular complexity index is 448. The van der Waals surface area contributed by atoms with Crippen molar-refractivity contribution in [3.63, 3.8) is 0 Å². The van der Waals surface area contributed by atoms with Crippen LogP contribution in [0.5, 0.6) is 0 Å². The van der Waals surface area contributed by atoms with Crippen LogP contribution in [0.3, 0.4) is 0 Å². The number of likely N-dealkylation sites (tertiary alicyclic amines) is 1. The van der Waals surface area contributed by atoms with Crippen LogP contribution in [0.1, 0.15) is 31.5 Å². The van der Waals surface area contributed by atoms with Crippen molar-refractivity contribution >= 4 is 12.0 Å². The van der Waals surface area contributed by atoms with Crippen LogP contribution >= 0.6 is 0 Å². The summed E-state index contributed by atoms with van der Waals surface area (Å²) in [4.78, 5) is 28.4. The molecule has 1 atom stereocenters. The van der Waals surface area contributed by atoms with E-state index in [2.05, 4.69) is 20.5 Å². The summed E-state index contributed by atoms with van der Waals surface area (Å²) in [5.41, 5.74) is 0. The van der Waals surface area contributed by atoms with Gasteiger partial charge in [0.25, 0.3) is 0 Å². The van der Waals surface area contributed by atoms with Gasteiger partial charge in [-0.05, 0) is 19.3 Å². The lowest BCUT2D eigenvalue weighted by atomic mass is 10.1. The van der Waals surface area contributed by atoms with Crippen LogP contribution in [0.25, 0.3) is 0 Å². The van der Waals surface area contributed by atoms with E-state index in [9.17, 15) is 9.59 Å². The molecule has 0 spiro atoms. The Labute approximate surface area is 116 Å². The number of aromatic nitrogens is 3. The molecule has 1 aliphatic rings. The average Bonchev–Trinajstić information content (AvgIpc) is 3.04. The first kappa shape index (κ1) is 14.3. The number of carbonyl (C=O) groups excluding carboxylic acids is 1. The van der Waals surface area contributed by atoms with Crippen LogP contribution in [0.4, 0.5) is 4.79 Å². The third-order valence-electron chi connectivity index (χ3n) is 3.38. The van der Waals surface area contributed by atoms with Gasteiger partial charge in [0.05, 0.1) is 6.42 Å². The van der Waals surface area contributed by atoms with E-state index in [1.807, 2.05) is 0 Å². The molecule has 8 nitrogen and oxygen atoms in total. The van der Waals surface area contributed by atoms with E-state index in [-0.39, 0.29) is 18.5 Å². The first-order chi connectivity index (χ1) is 9.66. The van der Waals surface area contributed by atoms with Crippen molar-refractivity contribution < 1.29 is 14.7 Å². The fourth-order valence-corrected chi connectivity index (χ4v) is 2.42. The van der Waals surface area contributed by atoms with Gasteiger partial charge in [0, 0.05) is 25.6 Å². The lowest BCUT2D eigenvalue weighted by Gasteiger charge is -2.23. The summed E-state index contributed by atoms with van der Waals surface area (Å²) in [6.45, 7) is 1.17. The fourth-order valence-electron chi connectivity index (χ4n) is 2.42. The maximum atomic E-state index is 12.0. The lowest BCUT2D eigenvalue weighted by Crippen LogP contribution is -2.43. The van der Waals surface area contributed by atoms with Gasteiger partial charge in [-0.15, -0.1) is 0 Å². The minimum atomic E-state index is -0.861. The Morgan fingerprint density at radius 1 is 1.55 bits per heavy atom. The molecule has 0 bridgehead atoms. The van der Waals surface area contributed by atoms with Crippen molar-refractivity contribution in [3.8, 4) is 0 Å². The zero-order valence-electron chi connectivity index (χ0n) is 11.2. The number of carboxylic acid groups (broad SMARTS) is 1. The zero-order valence-corrected chi connectivity index (χ0v) is 11.2. The molecular formula is C12H19N5O3. The fraction of sp³-hybridized carbons (Fsp3) is 0.667. The molecule has 1 aromatic heterocycles. The van der Waals surface area contributed by atoms with E-state index in [0.29, 0.717) is 13.1 Å². The van der Waals surface area contributed by atoms with Gasteiger partial charge in [0.15, 0.2) is 0 Å². The number of carboxylic acids is 1. The Morgan fingerprint density at radius 2 is 2.40 bits per heavy atom. The third-order valence-corrected chi connectivity index (χ3v) is 3.38. The first-order valence-corrected chi connectivity index (χ1v) is 6.77. The minimum absolute atomic E-state index is 0.0193. The molecule has 8 heteroatoms. The largest absolute Gasteiger partial charge is 0.481 e. The zero-order chi connectivity index (χ0) is 14.4. The highest BCUT2D eigenvalue weighted by atomic mass is 16.4. The Hall–Kier alpha value is -2.12. The van der Waals surface area contributed by atoms with Crippen LogP contribution in [0.2, 0.25) is 0 Å². The number of aryl methyl sites for hydroxylation is 1. The standard InChI is InChI=1S/C12H19N5O3/c18-11(19)7-9-3-2-6-17(9)12(20)13-5-1-4-10-14-8-15-16-10/h8-9H,1-7H2,(H,13,20)(H,18,19)(H,14,15,16). The molecule has 2 amide bonds. The number of amides is 2. The third kappa shape index (κ3) is 3.94. The Morgan fingerprint density at radius 3 is 3.10 bits per heavy atom. The second-order valence-electron chi connectivity index (χ2n) is 4.85. The van der Waals surface area contributed by atoms with Crippen molar-refractivity contribution in [2.75, 3.05) is 13.1 Å².